The Labute approximate surface area is 164 Å². The minimum atomic E-state index is -0.501. The second-order valence-corrected chi connectivity index (χ2v) is 6.92. The maximum atomic E-state index is 13.2. The van der Waals surface area contributed by atoms with Crippen LogP contribution < -0.4 is 0 Å². The summed E-state index contributed by atoms with van der Waals surface area (Å²) in [7, 11) is 0. The number of ether oxygens (including phenoxy) is 1. The van der Waals surface area contributed by atoms with Gasteiger partial charge in [-0.15, -0.1) is 0 Å². The topological polar surface area (TPSA) is 46.6 Å². The van der Waals surface area contributed by atoms with Crippen molar-refractivity contribution in [1.82, 2.24) is 4.90 Å². The Morgan fingerprint density at radius 1 is 1.11 bits per heavy atom. The predicted octanol–water partition coefficient (Wildman–Crippen LogP) is 4.55. The lowest BCUT2D eigenvalue weighted by Gasteiger charge is -2.33. The van der Waals surface area contributed by atoms with E-state index in [9.17, 15) is 9.59 Å². The first-order valence-electron chi connectivity index (χ1n) is 9.02. The molecule has 0 N–H and O–H groups in total. The van der Waals surface area contributed by atoms with Gasteiger partial charge in [-0.1, -0.05) is 60.1 Å². The van der Waals surface area contributed by atoms with Crippen LogP contribution in [0.2, 0.25) is 5.02 Å². The highest BCUT2D eigenvalue weighted by atomic mass is 35.5. The van der Waals surface area contributed by atoms with E-state index in [1.165, 1.54) is 0 Å². The third kappa shape index (κ3) is 4.77. The molecule has 0 aliphatic carbocycles. The van der Waals surface area contributed by atoms with Gasteiger partial charge in [0.1, 0.15) is 0 Å². The molecule has 1 amide bonds. The van der Waals surface area contributed by atoms with Crippen LogP contribution in [0, 0.1) is 5.92 Å². The number of amides is 1. The van der Waals surface area contributed by atoms with Gasteiger partial charge < -0.3 is 9.64 Å². The Morgan fingerprint density at radius 2 is 1.81 bits per heavy atom. The van der Waals surface area contributed by atoms with E-state index in [1.54, 1.807) is 24.0 Å². The highest BCUT2D eigenvalue weighted by Crippen LogP contribution is 2.35. The number of carbonyl (C=O) groups excluding carboxylic acids is 2. The van der Waals surface area contributed by atoms with Crippen molar-refractivity contribution < 1.29 is 14.3 Å². The molecule has 0 spiro atoms. The molecule has 5 heteroatoms. The molecule has 2 atom stereocenters. The normalized spacial score (nSPS) is 19.2. The lowest BCUT2D eigenvalue weighted by molar-refractivity contribution is -0.148. The van der Waals surface area contributed by atoms with Crippen LogP contribution in [0.25, 0.3) is 0 Å². The maximum absolute atomic E-state index is 13.2. The molecule has 27 heavy (non-hydrogen) atoms. The standard InChI is InChI=1S/C22H22ClNO3/c1-2-27-21(25)14-20-19(17-8-10-18(23)11-9-17)12-13-24(22(20)26)15-16-6-4-3-5-7-16/h3-13,19-20H,2,14-15H2,1H3/t19-,20-/m0/s1. The van der Waals surface area contributed by atoms with Crippen LogP contribution in [0.3, 0.4) is 0 Å². The quantitative estimate of drug-likeness (QED) is 0.687. The van der Waals surface area contributed by atoms with Gasteiger partial charge in [-0.2, -0.15) is 0 Å². The molecular formula is C22H22ClNO3. The van der Waals surface area contributed by atoms with E-state index < -0.39 is 5.92 Å². The summed E-state index contributed by atoms with van der Waals surface area (Å²) in [5.74, 6) is -1.12. The molecule has 140 valence electrons. The first-order chi connectivity index (χ1) is 13.1. The van der Waals surface area contributed by atoms with Crippen LogP contribution in [0.15, 0.2) is 66.9 Å². The van der Waals surface area contributed by atoms with Crippen LogP contribution >= 0.6 is 11.6 Å². The van der Waals surface area contributed by atoms with E-state index in [2.05, 4.69) is 0 Å². The fraction of sp³-hybridized carbons (Fsp3) is 0.273. The summed E-state index contributed by atoms with van der Waals surface area (Å²) in [5.41, 5.74) is 1.99. The zero-order valence-electron chi connectivity index (χ0n) is 15.2. The summed E-state index contributed by atoms with van der Waals surface area (Å²) >= 11 is 5.99. The van der Waals surface area contributed by atoms with Crippen LogP contribution in [0.4, 0.5) is 0 Å². The molecule has 3 rings (SSSR count). The number of allylic oxidation sites excluding steroid dienone is 1. The summed E-state index contributed by atoms with van der Waals surface area (Å²) in [5, 5.41) is 0.637. The number of carbonyl (C=O) groups is 2. The van der Waals surface area contributed by atoms with Gasteiger partial charge in [-0.25, -0.2) is 0 Å². The molecule has 0 saturated heterocycles. The average molecular weight is 384 g/mol. The monoisotopic (exact) mass is 383 g/mol. The van der Waals surface area contributed by atoms with Crippen molar-refractivity contribution >= 4 is 23.5 Å². The summed E-state index contributed by atoms with van der Waals surface area (Å²) in [6, 6.07) is 17.2. The van der Waals surface area contributed by atoms with Gasteiger partial charge >= 0.3 is 5.97 Å². The fourth-order valence-electron chi connectivity index (χ4n) is 3.32. The molecule has 2 aromatic carbocycles. The number of hydrogen-bond acceptors (Lipinski definition) is 3. The van der Waals surface area contributed by atoms with E-state index in [0.29, 0.717) is 18.2 Å². The average Bonchev–Trinajstić information content (AvgIpc) is 2.67. The van der Waals surface area contributed by atoms with Crippen molar-refractivity contribution in [3.8, 4) is 0 Å². The summed E-state index contributed by atoms with van der Waals surface area (Å²) in [6.45, 7) is 2.54. The number of rotatable bonds is 6. The Balaban J connectivity index is 1.87. The van der Waals surface area contributed by atoms with E-state index in [1.807, 2.05) is 54.7 Å². The molecule has 1 aliphatic rings. The Hall–Kier alpha value is -2.59. The lowest BCUT2D eigenvalue weighted by atomic mass is 9.81. The van der Waals surface area contributed by atoms with Gasteiger partial charge in [0, 0.05) is 17.1 Å². The van der Waals surface area contributed by atoms with Gasteiger partial charge in [0.05, 0.1) is 25.5 Å². The highest BCUT2D eigenvalue weighted by Gasteiger charge is 2.36. The maximum Gasteiger partial charge on any atom is 0.306 e. The number of esters is 1. The molecule has 2 aromatic rings. The van der Waals surface area contributed by atoms with Crippen molar-refractivity contribution in [3.63, 3.8) is 0 Å². The van der Waals surface area contributed by atoms with E-state index in [0.717, 1.165) is 11.1 Å². The SMILES string of the molecule is CCOC(=O)C[C@@H]1C(=O)N(Cc2ccccc2)C=C[C@H]1c1ccc(Cl)cc1. The van der Waals surface area contributed by atoms with Gasteiger partial charge in [0.15, 0.2) is 0 Å². The third-order valence-electron chi connectivity index (χ3n) is 4.65. The van der Waals surface area contributed by atoms with Crippen molar-refractivity contribution in [2.45, 2.75) is 25.8 Å². The molecule has 4 nitrogen and oxygen atoms in total. The number of benzene rings is 2. The first-order valence-corrected chi connectivity index (χ1v) is 9.40. The van der Waals surface area contributed by atoms with Gasteiger partial charge in [0.2, 0.25) is 5.91 Å². The molecule has 0 aromatic heterocycles. The van der Waals surface area contributed by atoms with E-state index in [4.69, 9.17) is 16.3 Å². The molecular weight excluding hydrogens is 362 g/mol. The lowest BCUT2D eigenvalue weighted by Crippen LogP contribution is -2.39. The van der Waals surface area contributed by atoms with Crippen LogP contribution in [-0.2, 0) is 20.9 Å². The highest BCUT2D eigenvalue weighted by molar-refractivity contribution is 6.30. The Morgan fingerprint density at radius 3 is 2.48 bits per heavy atom. The molecule has 0 fully saturated rings. The van der Waals surface area contributed by atoms with Crippen LogP contribution in [0.1, 0.15) is 30.4 Å². The molecule has 0 unspecified atom stereocenters. The Kier molecular flexibility index (Phi) is 6.30. The molecule has 0 radical (unpaired) electrons. The summed E-state index contributed by atoms with van der Waals surface area (Å²) in [6.07, 6.45) is 3.85. The number of hydrogen-bond donors (Lipinski definition) is 0. The zero-order valence-corrected chi connectivity index (χ0v) is 15.9. The number of nitrogens with zero attached hydrogens (tertiary/aromatic N) is 1. The summed E-state index contributed by atoms with van der Waals surface area (Å²) < 4.78 is 5.09. The van der Waals surface area contributed by atoms with Crippen molar-refractivity contribution in [1.29, 1.82) is 0 Å². The van der Waals surface area contributed by atoms with Crippen LogP contribution in [0.5, 0.6) is 0 Å². The zero-order chi connectivity index (χ0) is 19.2. The second-order valence-electron chi connectivity index (χ2n) is 6.49. The smallest absolute Gasteiger partial charge is 0.306 e. The van der Waals surface area contributed by atoms with Crippen molar-refractivity contribution in [2.75, 3.05) is 6.61 Å². The first kappa shape index (κ1) is 19.2. The predicted molar refractivity (Wildman–Crippen MR) is 105 cm³/mol. The fourth-order valence-corrected chi connectivity index (χ4v) is 3.45. The van der Waals surface area contributed by atoms with Gasteiger partial charge in [0.25, 0.3) is 0 Å². The molecule has 0 bridgehead atoms. The van der Waals surface area contributed by atoms with E-state index >= 15 is 0 Å². The van der Waals surface area contributed by atoms with Crippen molar-refractivity contribution in [3.05, 3.63) is 83.0 Å². The van der Waals surface area contributed by atoms with E-state index in [-0.39, 0.29) is 24.2 Å². The van der Waals surface area contributed by atoms with Crippen molar-refractivity contribution in [2.24, 2.45) is 5.92 Å². The van der Waals surface area contributed by atoms with Crippen LogP contribution in [-0.4, -0.2) is 23.4 Å². The minimum absolute atomic E-state index is 0.0512. The molecule has 1 aliphatic heterocycles. The summed E-state index contributed by atoms with van der Waals surface area (Å²) in [4.78, 5) is 26.9. The Bertz CT molecular complexity index is 817. The largest absolute Gasteiger partial charge is 0.466 e. The van der Waals surface area contributed by atoms with Gasteiger partial charge in [-0.3, -0.25) is 9.59 Å². The third-order valence-corrected chi connectivity index (χ3v) is 4.90. The number of halogens is 1. The minimum Gasteiger partial charge on any atom is -0.466 e. The van der Waals surface area contributed by atoms with Gasteiger partial charge in [-0.05, 0) is 30.2 Å². The molecule has 0 saturated carbocycles. The second kappa shape index (κ2) is 8.87. The molecule has 1 heterocycles.